The second-order valence-corrected chi connectivity index (χ2v) is 6.69. The van der Waals surface area contributed by atoms with E-state index in [0.717, 1.165) is 0 Å². The topological polar surface area (TPSA) is 55.4 Å². The summed E-state index contributed by atoms with van der Waals surface area (Å²) < 4.78 is 4.98. The fraction of sp³-hybridized carbons (Fsp3) is 0.294. The third-order valence-electron chi connectivity index (χ3n) is 3.66. The summed E-state index contributed by atoms with van der Waals surface area (Å²) in [5.74, 6) is -1.79. The summed E-state index contributed by atoms with van der Waals surface area (Å²) in [5, 5.41) is 2.87. The van der Waals surface area contributed by atoms with Crippen LogP contribution in [-0.2, 0) is 14.3 Å². The average molecular weight is 389 g/mol. The lowest BCUT2D eigenvalue weighted by Crippen LogP contribution is -2.36. The first-order valence-electron chi connectivity index (χ1n) is 7.36. The largest absolute Gasteiger partial charge is 0.460 e. The molecule has 0 radical (unpaired) electrons. The summed E-state index contributed by atoms with van der Waals surface area (Å²) in [7, 11) is 0. The van der Waals surface area contributed by atoms with Gasteiger partial charge in [-0.15, -0.1) is 0 Å². The molecule has 1 N–H and O–H groups in total. The third kappa shape index (κ3) is 5.26. The molecule has 0 spiro atoms. The van der Waals surface area contributed by atoms with E-state index in [4.69, 9.17) is 39.5 Å². The van der Waals surface area contributed by atoms with E-state index in [9.17, 15) is 9.59 Å². The molecule has 0 fully saturated rings. The summed E-state index contributed by atoms with van der Waals surface area (Å²) in [6.07, 6.45) is 4.66. The van der Waals surface area contributed by atoms with Crippen molar-refractivity contribution >= 4 is 52.4 Å². The van der Waals surface area contributed by atoms with E-state index in [-0.39, 0.29) is 22.0 Å². The van der Waals surface area contributed by atoms with Crippen LogP contribution in [-0.4, -0.2) is 18.5 Å². The first-order valence-corrected chi connectivity index (χ1v) is 8.49. The van der Waals surface area contributed by atoms with Gasteiger partial charge in [0.15, 0.2) is 0 Å². The highest BCUT2D eigenvalue weighted by molar-refractivity contribution is 6.59. The number of anilines is 1. The van der Waals surface area contributed by atoms with E-state index in [0.29, 0.717) is 18.5 Å². The highest BCUT2D eigenvalue weighted by atomic mass is 35.5. The van der Waals surface area contributed by atoms with Crippen LogP contribution in [0.4, 0.5) is 5.69 Å². The monoisotopic (exact) mass is 387 g/mol. The van der Waals surface area contributed by atoms with Crippen molar-refractivity contribution in [2.24, 2.45) is 11.8 Å². The third-order valence-corrected chi connectivity index (χ3v) is 4.61. The number of para-hydroxylation sites is 1. The van der Waals surface area contributed by atoms with E-state index in [1.807, 2.05) is 30.4 Å². The van der Waals surface area contributed by atoms with Crippen LogP contribution in [0.3, 0.4) is 0 Å². The quantitative estimate of drug-likeness (QED) is 0.591. The predicted octanol–water partition coefficient (Wildman–Crippen LogP) is 4.64. The zero-order valence-corrected chi connectivity index (χ0v) is 14.9. The molecule has 0 bridgehead atoms. The Bertz CT molecular complexity index is 654. The fourth-order valence-corrected chi connectivity index (χ4v) is 2.58. The van der Waals surface area contributed by atoms with Crippen molar-refractivity contribution in [3.05, 3.63) is 52.0 Å². The van der Waals surface area contributed by atoms with E-state index in [1.54, 1.807) is 12.1 Å². The van der Waals surface area contributed by atoms with Crippen LogP contribution in [0, 0.1) is 11.8 Å². The fourth-order valence-electron chi connectivity index (χ4n) is 2.42. The normalized spacial score (nSPS) is 19.5. The molecular formula is C17H16Cl3NO3. The number of carbonyl (C=O) groups is 2. The van der Waals surface area contributed by atoms with Crippen LogP contribution >= 0.6 is 34.8 Å². The number of carbonyl (C=O) groups excluding carboxylic acids is 2. The molecule has 2 rings (SSSR count). The number of hydrogen-bond donors (Lipinski definition) is 1. The molecule has 0 aromatic heterocycles. The van der Waals surface area contributed by atoms with E-state index in [2.05, 4.69) is 5.32 Å². The molecule has 2 atom stereocenters. The molecule has 1 amide bonds. The summed E-state index contributed by atoms with van der Waals surface area (Å²) in [6, 6.07) is 9.09. The Morgan fingerprint density at radius 1 is 1.04 bits per heavy atom. The van der Waals surface area contributed by atoms with Gasteiger partial charge in [-0.25, -0.2) is 0 Å². The average Bonchev–Trinajstić information content (AvgIpc) is 2.60. The molecule has 1 aliphatic rings. The Balaban J connectivity index is 2.02. The zero-order chi connectivity index (χ0) is 17.5. The van der Waals surface area contributed by atoms with Gasteiger partial charge in [-0.2, -0.15) is 0 Å². The maximum Gasteiger partial charge on any atom is 0.310 e. The first-order chi connectivity index (χ1) is 11.5. The molecule has 1 aromatic carbocycles. The lowest BCUT2D eigenvalue weighted by Gasteiger charge is -2.26. The molecule has 7 heteroatoms. The smallest absolute Gasteiger partial charge is 0.310 e. The van der Waals surface area contributed by atoms with Crippen molar-refractivity contribution in [1.82, 2.24) is 0 Å². The lowest BCUT2D eigenvalue weighted by atomic mass is 9.82. The van der Waals surface area contributed by atoms with Gasteiger partial charge in [-0.3, -0.25) is 9.59 Å². The standard InChI is InChI=1S/C17H16Cl3NO3/c18-14(15(19)20)10-24-17(23)13-9-5-4-8-12(13)16(22)21-11-6-2-1-3-7-11/h1-7,12-13H,8-10H2,(H,21,22)/t12-,13-/m0/s1. The molecule has 0 saturated heterocycles. The molecule has 0 aliphatic heterocycles. The number of amides is 1. The Hall–Kier alpha value is -1.49. The lowest BCUT2D eigenvalue weighted by molar-refractivity contribution is -0.151. The Kier molecular flexibility index (Phi) is 7.16. The Morgan fingerprint density at radius 2 is 1.67 bits per heavy atom. The van der Waals surface area contributed by atoms with Gasteiger partial charge in [0, 0.05) is 5.69 Å². The minimum Gasteiger partial charge on any atom is -0.460 e. The van der Waals surface area contributed by atoms with Gasteiger partial charge in [0.05, 0.1) is 16.9 Å². The SMILES string of the molecule is O=C(Nc1ccccc1)[C@H]1CC=CC[C@@H]1C(=O)OCC(Cl)=C(Cl)Cl. The van der Waals surface area contributed by atoms with Crippen LogP contribution in [0.25, 0.3) is 0 Å². The van der Waals surface area contributed by atoms with Gasteiger partial charge >= 0.3 is 5.97 Å². The summed E-state index contributed by atoms with van der Waals surface area (Å²) in [5.41, 5.74) is 0.684. The second kappa shape index (κ2) is 9.11. The summed E-state index contributed by atoms with van der Waals surface area (Å²) in [4.78, 5) is 24.8. The molecular weight excluding hydrogens is 373 g/mol. The van der Waals surface area contributed by atoms with Gasteiger partial charge in [0.25, 0.3) is 0 Å². The van der Waals surface area contributed by atoms with Crippen LogP contribution in [0.5, 0.6) is 0 Å². The van der Waals surface area contributed by atoms with E-state index < -0.39 is 17.8 Å². The molecule has 24 heavy (non-hydrogen) atoms. The van der Waals surface area contributed by atoms with Crippen LogP contribution in [0.1, 0.15) is 12.8 Å². The van der Waals surface area contributed by atoms with Gasteiger partial charge in [0.2, 0.25) is 5.91 Å². The minimum atomic E-state index is -0.572. The number of halogens is 3. The minimum absolute atomic E-state index is 0.0447. The van der Waals surface area contributed by atoms with Gasteiger partial charge < -0.3 is 10.1 Å². The Labute approximate surface area is 155 Å². The van der Waals surface area contributed by atoms with Gasteiger partial charge in [-0.05, 0) is 25.0 Å². The van der Waals surface area contributed by atoms with Crippen LogP contribution in [0.2, 0.25) is 0 Å². The van der Waals surface area contributed by atoms with Crippen molar-refractivity contribution < 1.29 is 14.3 Å². The predicted molar refractivity (Wildman–Crippen MR) is 96.0 cm³/mol. The second-order valence-electron chi connectivity index (χ2n) is 5.28. The first kappa shape index (κ1) is 18.8. The van der Waals surface area contributed by atoms with Crippen LogP contribution < -0.4 is 5.32 Å². The molecule has 0 heterocycles. The van der Waals surface area contributed by atoms with Gasteiger partial charge in [0.1, 0.15) is 11.1 Å². The van der Waals surface area contributed by atoms with Gasteiger partial charge in [-0.1, -0.05) is 65.2 Å². The number of nitrogens with one attached hydrogen (secondary N) is 1. The summed E-state index contributed by atoms with van der Waals surface area (Å²) in [6.45, 7) is -0.212. The van der Waals surface area contributed by atoms with E-state index >= 15 is 0 Å². The van der Waals surface area contributed by atoms with Crippen LogP contribution in [0.15, 0.2) is 52.0 Å². The molecule has 1 aromatic rings. The highest BCUT2D eigenvalue weighted by Gasteiger charge is 2.35. The van der Waals surface area contributed by atoms with Crippen molar-refractivity contribution in [2.45, 2.75) is 12.8 Å². The van der Waals surface area contributed by atoms with E-state index in [1.165, 1.54) is 0 Å². The summed E-state index contributed by atoms with van der Waals surface area (Å²) >= 11 is 16.8. The van der Waals surface area contributed by atoms with Crippen molar-refractivity contribution in [1.29, 1.82) is 0 Å². The molecule has 128 valence electrons. The van der Waals surface area contributed by atoms with Crippen molar-refractivity contribution in [3.8, 4) is 0 Å². The van der Waals surface area contributed by atoms with Crippen molar-refractivity contribution in [3.63, 3.8) is 0 Å². The maximum atomic E-state index is 12.5. The maximum absolute atomic E-state index is 12.5. The number of rotatable bonds is 5. The zero-order valence-electron chi connectivity index (χ0n) is 12.7. The number of allylic oxidation sites excluding steroid dienone is 2. The molecule has 0 saturated carbocycles. The highest BCUT2D eigenvalue weighted by Crippen LogP contribution is 2.29. The number of benzene rings is 1. The Morgan fingerprint density at radius 3 is 2.29 bits per heavy atom. The van der Waals surface area contributed by atoms with Crippen molar-refractivity contribution in [2.75, 3.05) is 11.9 Å². The number of hydrogen-bond acceptors (Lipinski definition) is 3. The molecule has 0 unspecified atom stereocenters. The number of ether oxygens (including phenoxy) is 1. The molecule has 1 aliphatic carbocycles. The number of esters is 1. The molecule has 4 nitrogen and oxygen atoms in total.